The number of Topliss-reactive ketones (excluding diaryl/α,β-unsaturated/α-hetero) is 1. The first-order valence-corrected chi connectivity index (χ1v) is 7.35. The molecule has 1 aromatic rings. The van der Waals surface area contributed by atoms with E-state index in [4.69, 9.17) is 5.11 Å². The molecule has 1 aromatic carbocycles. The van der Waals surface area contributed by atoms with Crippen LogP contribution in [0.5, 0.6) is 0 Å². The lowest BCUT2D eigenvalue weighted by atomic mass is 10.1. The summed E-state index contributed by atoms with van der Waals surface area (Å²) in [6.45, 7) is 0.840. The SMILES string of the molecule is CCC(=O)c1cccc(S(=O)(=O)NCC(O)C(F)F)c1. The summed E-state index contributed by atoms with van der Waals surface area (Å²) in [6.07, 6.45) is -4.89. The predicted molar refractivity (Wildman–Crippen MR) is 68.3 cm³/mol. The summed E-state index contributed by atoms with van der Waals surface area (Å²) in [6, 6.07) is 5.27. The van der Waals surface area contributed by atoms with E-state index in [2.05, 4.69) is 0 Å². The number of carbonyl (C=O) groups is 1. The van der Waals surface area contributed by atoms with E-state index in [1.54, 1.807) is 6.92 Å². The predicted octanol–water partition coefficient (Wildman–Crippen LogP) is 1.18. The van der Waals surface area contributed by atoms with Crippen molar-refractivity contribution in [2.24, 2.45) is 0 Å². The van der Waals surface area contributed by atoms with Gasteiger partial charge in [0.05, 0.1) is 4.90 Å². The van der Waals surface area contributed by atoms with Crippen LogP contribution in [0, 0.1) is 0 Å². The summed E-state index contributed by atoms with van der Waals surface area (Å²) >= 11 is 0. The third-order valence-electron chi connectivity index (χ3n) is 2.56. The van der Waals surface area contributed by atoms with Gasteiger partial charge in [-0.15, -0.1) is 0 Å². The fourth-order valence-electron chi connectivity index (χ4n) is 1.41. The Kier molecular flexibility index (Phi) is 5.73. The zero-order chi connectivity index (χ0) is 15.3. The topological polar surface area (TPSA) is 83.5 Å². The van der Waals surface area contributed by atoms with Gasteiger partial charge in [0.15, 0.2) is 5.78 Å². The van der Waals surface area contributed by atoms with Crippen molar-refractivity contribution in [2.45, 2.75) is 30.8 Å². The van der Waals surface area contributed by atoms with Gasteiger partial charge in [-0.2, -0.15) is 0 Å². The van der Waals surface area contributed by atoms with Crippen LogP contribution in [0.3, 0.4) is 0 Å². The molecule has 0 heterocycles. The molecule has 2 N–H and O–H groups in total. The standard InChI is InChI=1S/C12H15F2NO4S/c1-2-10(16)8-4-3-5-9(6-8)20(18,19)15-7-11(17)12(13)14/h3-6,11-12,15,17H,2,7H2,1H3. The molecule has 0 aliphatic rings. The Morgan fingerprint density at radius 3 is 2.60 bits per heavy atom. The second-order valence-corrected chi connectivity index (χ2v) is 5.83. The van der Waals surface area contributed by atoms with Gasteiger partial charge in [-0.3, -0.25) is 4.79 Å². The fraction of sp³-hybridized carbons (Fsp3) is 0.417. The fourth-order valence-corrected chi connectivity index (χ4v) is 2.51. The highest BCUT2D eigenvalue weighted by Gasteiger charge is 2.21. The van der Waals surface area contributed by atoms with Gasteiger partial charge < -0.3 is 5.11 Å². The van der Waals surface area contributed by atoms with Crippen LogP contribution in [0.15, 0.2) is 29.2 Å². The maximum atomic E-state index is 12.1. The molecule has 1 unspecified atom stereocenters. The number of aliphatic hydroxyl groups is 1. The van der Waals surface area contributed by atoms with Crippen LogP contribution in [0.25, 0.3) is 0 Å². The normalized spacial score (nSPS) is 13.4. The molecule has 0 aromatic heterocycles. The first kappa shape index (κ1) is 16.7. The molecule has 8 heteroatoms. The maximum absolute atomic E-state index is 12.1. The minimum Gasteiger partial charge on any atom is -0.386 e. The van der Waals surface area contributed by atoms with E-state index >= 15 is 0 Å². The van der Waals surface area contributed by atoms with Crippen molar-refractivity contribution in [2.75, 3.05) is 6.54 Å². The molecular formula is C12H15F2NO4S. The van der Waals surface area contributed by atoms with E-state index in [1.165, 1.54) is 24.3 Å². The van der Waals surface area contributed by atoms with E-state index < -0.39 is 29.1 Å². The molecule has 1 rings (SSSR count). The number of nitrogens with one attached hydrogen (secondary N) is 1. The third kappa shape index (κ3) is 4.32. The number of alkyl halides is 2. The molecule has 0 bridgehead atoms. The molecule has 0 saturated carbocycles. The van der Waals surface area contributed by atoms with Gasteiger partial charge in [0.1, 0.15) is 6.10 Å². The number of carbonyl (C=O) groups excluding carboxylic acids is 1. The van der Waals surface area contributed by atoms with Gasteiger partial charge >= 0.3 is 0 Å². The number of ketones is 1. The van der Waals surface area contributed by atoms with E-state index in [0.29, 0.717) is 0 Å². The number of halogens is 2. The number of benzene rings is 1. The highest BCUT2D eigenvalue weighted by atomic mass is 32.2. The molecule has 0 spiro atoms. The van der Waals surface area contributed by atoms with Crippen LogP contribution < -0.4 is 4.72 Å². The highest BCUT2D eigenvalue weighted by Crippen LogP contribution is 2.13. The van der Waals surface area contributed by atoms with Crippen molar-refractivity contribution in [1.82, 2.24) is 4.72 Å². The molecule has 0 aliphatic carbocycles. The molecule has 0 fully saturated rings. The van der Waals surface area contributed by atoms with Gasteiger partial charge in [-0.1, -0.05) is 19.1 Å². The Morgan fingerprint density at radius 1 is 1.40 bits per heavy atom. The lowest BCUT2D eigenvalue weighted by Crippen LogP contribution is -2.35. The van der Waals surface area contributed by atoms with Crippen molar-refractivity contribution in [3.05, 3.63) is 29.8 Å². The average molecular weight is 307 g/mol. The summed E-state index contributed by atoms with van der Waals surface area (Å²) in [5.41, 5.74) is 0.227. The monoisotopic (exact) mass is 307 g/mol. The van der Waals surface area contributed by atoms with Crippen LogP contribution in [-0.4, -0.2) is 38.4 Å². The van der Waals surface area contributed by atoms with E-state index in [0.717, 1.165) is 0 Å². The largest absolute Gasteiger partial charge is 0.386 e. The van der Waals surface area contributed by atoms with Gasteiger partial charge in [0.25, 0.3) is 6.43 Å². The molecule has 5 nitrogen and oxygen atoms in total. The molecule has 0 saturated heterocycles. The van der Waals surface area contributed by atoms with Gasteiger partial charge in [-0.25, -0.2) is 21.9 Å². The number of rotatable bonds is 7. The number of hydrogen-bond acceptors (Lipinski definition) is 4. The smallest absolute Gasteiger partial charge is 0.265 e. The van der Waals surface area contributed by atoms with Crippen molar-refractivity contribution >= 4 is 15.8 Å². The molecule has 1 atom stereocenters. The lowest BCUT2D eigenvalue weighted by Gasteiger charge is -2.11. The van der Waals surface area contributed by atoms with Gasteiger partial charge in [0, 0.05) is 18.5 Å². The number of sulfonamides is 1. The Labute approximate surface area is 115 Å². The van der Waals surface area contributed by atoms with Gasteiger partial charge in [-0.05, 0) is 12.1 Å². The average Bonchev–Trinajstić information content (AvgIpc) is 2.43. The van der Waals surface area contributed by atoms with Crippen molar-refractivity contribution in [1.29, 1.82) is 0 Å². The summed E-state index contributed by atoms with van der Waals surface area (Å²) in [4.78, 5) is 11.3. The van der Waals surface area contributed by atoms with Crippen molar-refractivity contribution in [3.8, 4) is 0 Å². The Bertz CT molecular complexity index is 575. The second-order valence-electron chi connectivity index (χ2n) is 4.06. The Hall–Kier alpha value is -1.38. The van der Waals surface area contributed by atoms with E-state index in [1.807, 2.05) is 4.72 Å². The molecule has 112 valence electrons. The summed E-state index contributed by atoms with van der Waals surface area (Å²) in [5.74, 6) is -0.227. The summed E-state index contributed by atoms with van der Waals surface area (Å²) in [5, 5.41) is 8.89. The molecule has 0 amide bonds. The molecule has 0 aliphatic heterocycles. The van der Waals surface area contributed by atoms with Crippen LogP contribution in [-0.2, 0) is 10.0 Å². The lowest BCUT2D eigenvalue weighted by molar-refractivity contribution is -0.000451. The minimum absolute atomic E-state index is 0.210. The molecule has 20 heavy (non-hydrogen) atoms. The zero-order valence-electron chi connectivity index (χ0n) is 10.7. The highest BCUT2D eigenvalue weighted by molar-refractivity contribution is 7.89. The molecule has 0 radical (unpaired) electrons. The maximum Gasteiger partial charge on any atom is 0.265 e. The van der Waals surface area contributed by atoms with Crippen LogP contribution in [0.4, 0.5) is 8.78 Å². The third-order valence-corrected chi connectivity index (χ3v) is 3.98. The Morgan fingerprint density at radius 2 is 2.05 bits per heavy atom. The Balaban J connectivity index is 2.90. The zero-order valence-corrected chi connectivity index (χ0v) is 11.5. The van der Waals surface area contributed by atoms with Crippen LogP contribution in [0.2, 0.25) is 0 Å². The first-order valence-electron chi connectivity index (χ1n) is 5.87. The quantitative estimate of drug-likeness (QED) is 0.741. The first-order chi connectivity index (χ1) is 9.27. The second kappa shape index (κ2) is 6.87. The van der Waals surface area contributed by atoms with Gasteiger partial charge in [0.2, 0.25) is 10.0 Å². The number of aliphatic hydroxyl groups excluding tert-OH is 1. The van der Waals surface area contributed by atoms with Crippen LogP contribution in [0.1, 0.15) is 23.7 Å². The van der Waals surface area contributed by atoms with E-state index in [9.17, 15) is 22.0 Å². The number of hydrogen-bond donors (Lipinski definition) is 2. The molecular weight excluding hydrogens is 292 g/mol. The minimum atomic E-state index is -4.05. The van der Waals surface area contributed by atoms with Crippen LogP contribution >= 0.6 is 0 Å². The van der Waals surface area contributed by atoms with Crippen molar-refractivity contribution < 1.29 is 27.1 Å². The van der Waals surface area contributed by atoms with Crippen molar-refractivity contribution in [3.63, 3.8) is 0 Å². The summed E-state index contributed by atoms with van der Waals surface area (Å²) in [7, 11) is -4.05. The van der Waals surface area contributed by atoms with E-state index in [-0.39, 0.29) is 22.7 Å². The summed E-state index contributed by atoms with van der Waals surface area (Å²) < 4.78 is 49.7.